The summed E-state index contributed by atoms with van der Waals surface area (Å²) in [5, 5.41) is 16.5. The fourth-order valence-electron chi connectivity index (χ4n) is 1.61. The Morgan fingerprint density at radius 2 is 2.30 bits per heavy atom. The van der Waals surface area contributed by atoms with Crippen molar-refractivity contribution >= 4 is 17.3 Å². The molecule has 0 saturated carbocycles. The Labute approximate surface area is 113 Å². The van der Waals surface area contributed by atoms with E-state index in [9.17, 15) is 19.3 Å². The van der Waals surface area contributed by atoms with Gasteiger partial charge in [-0.2, -0.15) is 5.10 Å². The number of amides is 1. The van der Waals surface area contributed by atoms with Crippen molar-refractivity contribution in [2.24, 2.45) is 0 Å². The Hall–Kier alpha value is -2.77. The van der Waals surface area contributed by atoms with E-state index in [-0.39, 0.29) is 17.9 Å². The van der Waals surface area contributed by atoms with E-state index >= 15 is 0 Å². The van der Waals surface area contributed by atoms with Crippen molar-refractivity contribution in [1.82, 2.24) is 9.78 Å². The molecule has 0 saturated heterocycles. The number of aromatic nitrogens is 2. The number of carbonyl (C=O) groups is 1. The summed E-state index contributed by atoms with van der Waals surface area (Å²) in [7, 11) is 0. The predicted octanol–water partition coefficient (Wildman–Crippen LogP) is 1.88. The standard InChI is InChI=1S/C12H11FN4O3/c1-8-2-3-10(13)11(4-8)15-12(18)7-16-6-9(5-14-16)17(19)20/h2-6H,7H2,1H3,(H,15,18). The highest BCUT2D eigenvalue weighted by Gasteiger charge is 2.12. The number of aryl methyl sites for hydroxylation is 1. The molecule has 104 valence electrons. The van der Waals surface area contributed by atoms with Gasteiger partial charge in [0.25, 0.3) is 0 Å². The van der Waals surface area contributed by atoms with Crippen molar-refractivity contribution in [3.63, 3.8) is 0 Å². The van der Waals surface area contributed by atoms with Crippen LogP contribution in [0.5, 0.6) is 0 Å². The molecule has 1 amide bonds. The van der Waals surface area contributed by atoms with Crippen LogP contribution >= 0.6 is 0 Å². The Kier molecular flexibility index (Phi) is 3.74. The zero-order valence-corrected chi connectivity index (χ0v) is 10.5. The van der Waals surface area contributed by atoms with Crippen LogP contribution in [-0.4, -0.2) is 20.6 Å². The van der Waals surface area contributed by atoms with Crippen LogP contribution in [0.2, 0.25) is 0 Å². The summed E-state index contributed by atoms with van der Waals surface area (Å²) in [6, 6.07) is 4.34. The second-order valence-electron chi connectivity index (χ2n) is 4.18. The molecule has 1 heterocycles. The average Bonchev–Trinajstić information content (AvgIpc) is 2.82. The largest absolute Gasteiger partial charge is 0.322 e. The van der Waals surface area contributed by atoms with Gasteiger partial charge in [-0.25, -0.2) is 4.39 Å². The monoisotopic (exact) mass is 278 g/mol. The first-order chi connectivity index (χ1) is 9.45. The van der Waals surface area contributed by atoms with Crippen LogP contribution in [0, 0.1) is 22.9 Å². The fourth-order valence-corrected chi connectivity index (χ4v) is 1.61. The van der Waals surface area contributed by atoms with Crippen LogP contribution in [0.4, 0.5) is 15.8 Å². The molecule has 8 heteroatoms. The highest BCUT2D eigenvalue weighted by molar-refractivity contribution is 5.90. The lowest BCUT2D eigenvalue weighted by molar-refractivity contribution is -0.385. The highest BCUT2D eigenvalue weighted by Crippen LogP contribution is 2.15. The lowest BCUT2D eigenvalue weighted by atomic mass is 10.2. The van der Waals surface area contributed by atoms with Gasteiger partial charge in [0.05, 0.1) is 10.6 Å². The van der Waals surface area contributed by atoms with E-state index < -0.39 is 16.6 Å². The normalized spacial score (nSPS) is 10.3. The van der Waals surface area contributed by atoms with Crippen molar-refractivity contribution in [1.29, 1.82) is 0 Å². The molecule has 0 radical (unpaired) electrons. The Morgan fingerprint density at radius 3 is 2.95 bits per heavy atom. The van der Waals surface area contributed by atoms with Crippen molar-refractivity contribution in [3.05, 3.63) is 52.1 Å². The molecule has 2 rings (SSSR count). The first kappa shape index (κ1) is 13.7. The van der Waals surface area contributed by atoms with Crippen LogP contribution in [0.15, 0.2) is 30.6 Å². The Bertz CT molecular complexity index is 668. The van der Waals surface area contributed by atoms with E-state index in [4.69, 9.17) is 0 Å². The van der Waals surface area contributed by atoms with E-state index in [0.717, 1.165) is 22.6 Å². The third-order valence-corrected chi connectivity index (χ3v) is 2.53. The third-order valence-electron chi connectivity index (χ3n) is 2.53. The summed E-state index contributed by atoms with van der Waals surface area (Å²) in [6.45, 7) is 1.53. The van der Waals surface area contributed by atoms with Gasteiger partial charge >= 0.3 is 5.69 Å². The van der Waals surface area contributed by atoms with Gasteiger partial charge in [-0.05, 0) is 24.6 Å². The second-order valence-corrected chi connectivity index (χ2v) is 4.18. The van der Waals surface area contributed by atoms with Gasteiger partial charge in [-0.15, -0.1) is 0 Å². The van der Waals surface area contributed by atoms with Crippen molar-refractivity contribution in [2.45, 2.75) is 13.5 Å². The molecule has 0 bridgehead atoms. The number of hydrogen-bond donors (Lipinski definition) is 1. The van der Waals surface area contributed by atoms with Crippen LogP contribution in [-0.2, 0) is 11.3 Å². The number of nitro groups is 1. The van der Waals surface area contributed by atoms with Gasteiger partial charge in [0, 0.05) is 0 Å². The fraction of sp³-hybridized carbons (Fsp3) is 0.167. The summed E-state index contributed by atoms with van der Waals surface area (Å²) >= 11 is 0. The number of nitrogens with one attached hydrogen (secondary N) is 1. The predicted molar refractivity (Wildman–Crippen MR) is 68.6 cm³/mol. The van der Waals surface area contributed by atoms with Crippen molar-refractivity contribution < 1.29 is 14.1 Å². The minimum absolute atomic E-state index is 0.0663. The lowest BCUT2D eigenvalue weighted by Gasteiger charge is -2.07. The highest BCUT2D eigenvalue weighted by atomic mass is 19.1. The molecule has 1 aromatic carbocycles. The van der Waals surface area contributed by atoms with Crippen LogP contribution in [0.25, 0.3) is 0 Å². The topological polar surface area (TPSA) is 90.1 Å². The smallest absolute Gasteiger partial charge is 0.307 e. The number of hydrogen-bond acceptors (Lipinski definition) is 4. The molecule has 2 aromatic rings. The van der Waals surface area contributed by atoms with Gasteiger partial charge in [-0.1, -0.05) is 6.07 Å². The molecule has 20 heavy (non-hydrogen) atoms. The number of halogens is 1. The van der Waals surface area contributed by atoms with E-state index in [1.807, 2.05) is 0 Å². The molecule has 0 aliphatic heterocycles. The molecule has 0 aliphatic rings. The minimum atomic E-state index is -0.609. The summed E-state index contributed by atoms with van der Waals surface area (Å²) < 4.78 is 14.6. The minimum Gasteiger partial charge on any atom is -0.322 e. The summed E-state index contributed by atoms with van der Waals surface area (Å²) in [5.74, 6) is -1.07. The molecular weight excluding hydrogens is 267 g/mol. The van der Waals surface area contributed by atoms with Gasteiger partial charge < -0.3 is 5.32 Å². The van der Waals surface area contributed by atoms with Crippen LogP contribution < -0.4 is 5.32 Å². The van der Waals surface area contributed by atoms with Crippen LogP contribution in [0.3, 0.4) is 0 Å². The van der Waals surface area contributed by atoms with E-state index in [2.05, 4.69) is 10.4 Å². The molecule has 0 spiro atoms. The van der Waals surface area contributed by atoms with E-state index in [1.165, 1.54) is 12.1 Å². The maximum absolute atomic E-state index is 13.5. The van der Waals surface area contributed by atoms with Crippen molar-refractivity contribution in [2.75, 3.05) is 5.32 Å². The quantitative estimate of drug-likeness (QED) is 0.683. The van der Waals surface area contributed by atoms with E-state index in [0.29, 0.717) is 0 Å². The summed E-state index contributed by atoms with van der Waals surface area (Å²) in [5.41, 5.74) is 0.660. The third kappa shape index (κ3) is 3.16. The molecular formula is C12H11FN4O3. The van der Waals surface area contributed by atoms with Crippen LogP contribution in [0.1, 0.15) is 5.56 Å². The molecule has 0 aliphatic carbocycles. The number of nitrogens with zero attached hydrogens (tertiary/aromatic N) is 3. The molecule has 1 aromatic heterocycles. The molecule has 0 atom stereocenters. The number of carbonyl (C=O) groups excluding carboxylic acids is 1. The maximum atomic E-state index is 13.5. The second kappa shape index (κ2) is 5.47. The zero-order valence-electron chi connectivity index (χ0n) is 10.5. The first-order valence-corrected chi connectivity index (χ1v) is 5.68. The van der Waals surface area contributed by atoms with E-state index in [1.54, 1.807) is 13.0 Å². The maximum Gasteiger partial charge on any atom is 0.307 e. The van der Waals surface area contributed by atoms with Gasteiger partial charge in [-0.3, -0.25) is 19.6 Å². The number of rotatable bonds is 4. The van der Waals surface area contributed by atoms with Gasteiger partial charge in [0.1, 0.15) is 24.8 Å². The molecule has 0 fully saturated rings. The summed E-state index contributed by atoms with van der Waals surface area (Å²) in [6.07, 6.45) is 2.17. The number of benzene rings is 1. The first-order valence-electron chi connectivity index (χ1n) is 5.68. The Balaban J connectivity index is 2.05. The van der Waals surface area contributed by atoms with Gasteiger partial charge in [0.15, 0.2) is 0 Å². The molecule has 1 N–H and O–H groups in total. The summed E-state index contributed by atoms with van der Waals surface area (Å²) in [4.78, 5) is 21.6. The zero-order chi connectivity index (χ0) is 14.7. The molecule has 0 unspecified atom stereocenters. The Morgan fingerprint density at radius 1 is 1.55 bits per heavy atom. The van der Waals surface area contributed by atoms with Crippen molar-refractivity contribution in [3.8, 4) is 0 Å². The lowest BCUT2D eigenvalue weighted by Crippen LogP contribution is -2.19. The SMILES string of the molecule is Cc1ccc(F)c(NC(=O)Cn2cc([N+](=O)[O-])cn2)c1. The number of anilines is 1. The van der Waals surface area contributed by atoms with Gasteiger partial charge in [0.2, 0.25) is 5.91 Å². The average molecular weight is 278 g/mol. The molecule has 7 nitrogen and oxygen atoms in total.